The molecular weight excluding hydrogens is 314 g/mol. The first-order chi connectivity index (χ1) is 10.9. The fourth-order valence-corrected chi connectivity index (χ4v) is 3.61. The highest BCUT2D eigenvalue weighted by molar-refractivity contribution is 7.89. The first kappa shape index (κ1) is 17.2. The second-order valence-corrected chi connectivity index (χ2v) is 7.12. The molecule has 0 fully saturated rings. The van der Waals surface area contributed by atoms with Crippen molar-refractivity contribution >= 4 is 16.0 Å². The van der Waals surface area contributed by atoms with E-state index < -0.39 is 16.0 Å². The lowest BCUT2D eigenvalue weighted by atomic mass is 10.1. The Morgan fingerprint density at radius 2 is 1.74 bits per heavy atom. The SMILES string of the molecule is COC(=O)c1cccc(S(=O)(=O)N(C)[C@@H](C)c2ccccc2)c1. The Morgan fingerprint density at radius 3 is 2.35 bits per heavy atom. The van der Waals surface area contributed by atoms with Crippen LogP contribution in [0.3, 0.4) is 0 Å². The molecule has 0 saturated carbocycles. The predicted molar refractivity (Wildman–Crippen MR) is 87.6 cm³/mol. The van der Waals surface area contributed by atoms with Gasteiger partial charge >= 0.3 is 5.97 Å². The van der Waals surface area contributed by atoms with Gasteiger partial charge in [-0.05, 0) is 30.7 Å². The Balaban J connectivity index is 2.36. The predicted octanol–water partition coefficient (Wildman–Crippen LogP) is 2.85. The van der Waals surface area contributed by atoms with Gasteiger partial charge in [0.2, 0.25) is 10.0 Å². The molecule has 0 aliphatic heterocycles. The van der Waals surface area contributed by atoms with Crippen LogP contribution in [0.1, 0.15) is 28.9 Å². The van der Waals surface area contributed by atoms with E-state index in [1.807, 2.05) is 37.3 Å². The van der Waals surface area contributed by atoms with E-state index in [-0.39, 0.29) is 16.5 Å². The number of benzene rings is 2. The standard InChI is InChI=1S/C17H19NO4S/c1-13(14-8-5-4-6-9-14)18(2)23(20,21)16-11-7-10-15(12-16)17(19)22-3/h4-13H,1-3H3/t13-/m0/s1. The molecule has 6 heteroatoms. The zero-order valence-corrected chi connectivity index (χ0v) is 14.1. The van der Waals surface area contributed by atoms with Crippen molar-refractivity contribution in [3.8, 4) is 0 Å². The molecule has 2 aromatic rings. The number of ether oxygens (including phenoxy) is 1. The first-order valence-corrected chi connectivity index (χ1v) is 8.53. The van der Waals surface area contributed by atoms with Gasteiger partial charge in [-0.2, -0.15) is 4.31 Å². The molecule has 2 rings (SSSR count). The van der Waals surface area contributed by atoms with Crippen LogP contribution >= 0.6 is 0 Å². The van der Waals surface area contributed by atoms with Crippen LogP contribution in [-0.4, -0.2) is 32.8 Å². The monoisotopic (exact) mass is 333 g/mol. The molecule has 1 atom stereocenters. The van der Waals surface area contributed by atoms with Gasteiger partial charge in [-0.1, -0.05) is 36.4 Å². The molecule has 0 bridgehead atoms. The number of nitrogens with zero attached hydrogens (tertiary/aromatic N) is 1. The lowest BCUT2D eigenvalue weighted by Gasteiger charge is -2.24. The Bertz CT molecular complexity index is 787. The van der Waals surface area contributed by atoms with Crippen LogP contribution in [0.4, 0.5) is 0 Å². The summed E-state index contributed by atoms with van der Waals surface area (Å²) in [7, 11) is -0.942. The second kappa shape index (κ2) is 6.93. The molecule has 0 aliphatic carbocycles. The summed E-state index contributed by atoms with van der Waals surface area (Å²) in [6, 6.07) is 14.9. The van der Waals surface area contributed by atoms with Crippen molar-refractivity contribution in [2.45, 2.75) is 17.9 Å². The van der Waals surface area contributed by atoms with Gasteiger partial charge in [0, 0.05) is 13.1 Å². The summed E-state index contributed by atoms with van der Waals surface area (Å²) in [6.07, 6.45) is 0. The first-order valence-electron chi connectivity index (χ1n) is 7.09. The minimum Gasteiger partial charge on any atom is -0.465 e. The number of esters is 1. The van der Waals surface area contributed by atoms with Crippen molar-refractivity contribution in [3.05, 3.63) is 65.7 Å². The van der Waals surface area contributed by atoms with Crippen molar-refractivity contribution in [1.82, 2.24) is 4.31 Å². The molecule has 122 valence electrons. The lowest BCUT2D eigenvalue weighted by Crippen LogP contribution is -2.30. The Kier molecular flexibility index (Phi) is 5.18. The maximum absolute atomic E-state index is 12.8. The van der Waals surface area contributed by atoms with Crippen LogP contribution in [0.2, 0.25) is 0 Å². The van der Waals surface area contributed by atoms with E-state index in [9.17, 15) is 13.2 Å². The summed E-state index contributed by atoms with van der Waals surface area (Å²) in [5, 5.41) is 0. The van der Waals surface area contributed by atoms with Gasteiger partial charge < -0.3 is 4.74 Å². The van der Waals surface area contributed by atoms with E-state index in [2.05, 4.69) is 4.74 Å². The third kappa shape index (κ3) is 3.60. The Hall–Kier alpha value is -2.18. The molecule has 0 amide bonds. The molecule has 0 radical (unpaired) electrons. The summed E-state index contributed by atoms with van der Waals surface area (Å²) in [6.45, 7) is 1.82. The minimum absolute atomic E-state index is 0.0608. The van der Waals surface area contributed by atoms with Gasteiger partial charge in [-0.15, -0.1) is 0 Å². The van der Waals surface area contributed by atoms with Crippen LogP contribution in [0.25, 0.3) is 0 Å². The molecular formula is C17H19NO4S. The highest BCUT2D eigenvalue weighted by Crippen LogP contribution is 2.26. The third-order valence-electron chi connectivity index (χ3n) is 3.76. The van der Waals surface area contributed by atoms with Gasteiger partial charge in [0.25, 0.3) is 0 Å². The van der Waals surface area contributed by atoms with E-state index in [0.717, 1.165) is 5.56 Å². The van der Waals surface area contributed by atoms with Crippen LogP contribution in [0, 0.1) is 0 Å². The molecule has 0 spiro atoms. The van der Waals surface area contributed by atoms with E-state index in [0.29, 0.717) is 0 Å². The van der Waals surface area contributed by atoms with Crippen LogP contribution in [0.5, 0.6) is 0 Å². The van der Waals surface area contributed by atoms with E-state index >= 15 is 0 Å². The van der Waals surface area contributed by atoms with Gasteiger partial charge in [0.05, 0.1) is 17.6 Å². The summed E-state index contributed by atoms with van der Waals surface area (Å²) < 4.78 is 31.5. The Labute approximate surface area is 136 Å². The average molecular weight is 333 g/mol. The van der Waals surface area contributed by atoms with Gasteiger partial charge in [0.15, 0.2) is 0 Å². The van der Waals surface area contributed by atoms with Gasteiger partial charge in [-0.3, -0.25) is 0 Å². The van der Waals surface area contributed by atoms with Crippen molar-refractivity contribution in [1.29, 1.82) is 0 Å². The number of carbonyl (C=O) groups excluding carboxylic acids is 1. The zero-order valence-electron chi connectivity index (χ0n) is 13.3. The number of rotatable bonds is 5. The summed E-state index contributed by atoms with van der Waals surface area (Å²) in [4.78, 5) is 11.6. The van der Waals surface area contributed by atoms with E-state index in [4.69, 9.17) is 0 Å². The highest BCUT2D eigenvalue weighted by atomic mass is 32.2. The fourth-order valence-electron chi connectivity index (χ4n) is 2.22. The van der Waals surface area contributed by atoms with Crippen molar-refractivity contribution in [2.24, 2.45) is 0 Å². The summed E-state index contributed by atoms with van der Waals surface area (Å²) in [5.41, 5.74) is 1.09. The topological polar surface area (TPSA) is 63.7 Å². The van der Waals surface area contributed by atoms with Crippen molar-refractivity contribution < 1.29 is 17.9 Å². The maximum atomic E-state index is 12.8. The normalized spacial score (nSPS) is 12.9. The van der Waals surface area contributed by atoms with Gasteiger partial charge in [0.1, 0.15) is 0 Å². The van der Waals surface area contributed by atoms with Crippen molar-refractivity contribution in [2.75, 3.05) is 14.2 Å². The molecule has 5 nitrogen and oxygen atoms in total. The summed E-state index contributed by atoms with van der Waals surface area (Å²) >= 11 is 0. The molecule has 0 heterocycles. The molecule has 23 heavy (non-hydrogen) atoms. The fraction of sp³-hybridized carbons (Fsp3) is 0.235. The van der Waals surface area contributed by atoms with Crippen molar-refractivity contribution in [3.63, 3.8) is 0 Å². The van der Waals surface area contributed by atoms with Crippen LogP contribution in [-0.2, 0) is 14.8 Å². The van der Waals surface area contributed by atoms with E-state index in [1.54, 1.807) is 0 Å². The van der Waals surface area contributed by atoms with Crippen LogP contribution in [0.15, 0.2) is 59.5 Å². The average Bonchev–Trinajstić information content (AvgIpc) is 2.60. The molecule has 0 N–H and O–H groups in total. The highest BCUT2D eigenvalue weighted by Gasteiger charge is 2.26. The maximum Gasteiger partial charge on any atom is 0.337 e. The number of methoxy groups -OCH3 is 1. The second-order valence-electron chi connectivity index (χ2n) is 5.13. The number of hydrogen-bond acceptors (Lipinski definition) is 4. The van der Waals surface area contributed by atoms with Gasteiger partial charge in [-0.25, -0.2) is 13.2 Å². The molecule has 0 saturated heterocycles. The molecule has 0 aromatic heterocycles. The quantitative estimate of drug-likeness (QED) is 0.789. The Morgan fingerprint density at radius 1 is 1.09 bits per heavy atom. The molecule has 2 aromatic carbocycles. The number of hydrogen-bond donors (Lipinski definition) is 0. The zero-order chi connectivity index (χ0) is 17.0. The molecule has 0 unspecified atom stereocenters. The lowest BCUT2D eigenvalue weighted by molar-refractivity contribution is 0.0600. The van der Waals surface area contributed by atoms with E-state index in [1.165, 1.54) is 42.7 Å². The number of carbonyl (C=O) groups is 1. The smallest absolute Gasteiger partial charge is 0.337 e. The molecule has 0 aliphatic rings. The number of sulfonamides is 1. The summed E-state index contributed by atoms with van der Waals surface area (Å²) in [5.74, 6) is -0.569. The third-order valence-corrected chi connectivity index (χ3v) is 5.68. The largest absolute Gasteiger partial charge is 0.465 e. The minimum atomic E-state index is -3.73. The van der Waals surface area contributed by atoms with Crippen LogP contribution < -0.4 is 0 Å².